The van der Waals surface area contributed by atoms with Crippen molar-refractivity contribution < 1.29 is 9.90 Å². The van der Waals surface area contributed by atoms with Crippen molar-refractivity contribution in [2.45, 2.75) is 52.1 Å². The second-order valence-corrected chi connectivity index (χ2v) is 4.36. The van der Waals surface area contributed by atoms with E-state index in [1.54, 1.807) is 0 Å². The summed E-state index contributed by atoms with van der Waals surface area (Å²) in [7, 11) is 0. The van der Waals surface area contributed by atoms with Crippen molar-refractivity contribution in [1.82, 2.24) is 10.3 Å². The number of nitrogens with zero attached hydrogens (tertiary/aromatic N) is 1. The molecule has 0 radical (unpaired) electrons. The summed E-state index contributed by atoms with van der Waals surface area (Å²) in [5.41, 5.74) is 2.13. The average Bonchev–Trinajstić information content (AvgIpc) is 2.25. The summed E-state index contributed by atoms with van der Waals surface area (Å²) in [4.78, 5) is 13.3. The molecule has 0 rings (SSSR count). The van der Waals surface area contributed by atoms with Gasteiger partial charge in [-0.1, -0.05) is 0 Å². The quantitative estimate of drug-likeness (QED) is 0.317. The molecular weight excluding hydrogens is 206 g/mol. The number of rotatable bonds is 8. The highest BCUT2D eigenvalue weighted by atomic mass is 16.3. The molecule has 0 bridgehead atoms. The molecule has 0 aliphatic heterocycles. The summed E-state index contributed by atoms with van der Waals surface area (Å²) in [5.74, 6) is 4.90. The first kappa shape index (κ1) is 15.3. The molecule has 0 aromatic carbocycles. The predicted octanol–water partition coefficient (Wildman–Crippen LogP) is 0.238. The molecule has 5 heteroatoms. The molecule has 0 aromatic rings. The number of nitrogens with one attached hydrogen (secondary N) is 1. The van der Waals surface area contributed by atoms with Crippen LogP contribution in [0.1, 0.15) is 40.0 Å². The second-order valence-electron chi connectivity index (χ2n) is 4.36. The number of nitrogens with two attached hydrogens (primary N) is 1. The van der Waals surface area contributed by atoms with Gasteiger partial charge < -0.3 is 5.11 Å². The van der Waals surface area contributed by atoms with Crippen molar-refractivity contribution in [2.24, 2.45) is 5.84 Å². The largest absolute Gasteiger partial charge is 0.396 e. The van der Waals surface area contributed by atoms with Crippen LogP contribution in [-0.4, -0.2) is 41.1 Å². The molecule has 0 fully saturated rings. The van der Waals surface area contributed by atoms with Crippen LogP contribution in [0, 0.1) is 0 Å². The van der Waals surface area contributed by atoms with Crippen LogP contribution in [0.25, 0.3) is 0 Å². The topological polar surface area (TPSA) is 78.6 Å². The van der Waals surface area contributed by atoms with E-state index in [2.05, 4.69) is 31.1 Å². The van der Waals surface area contributed by atoms with E-state index in [9.17, 15) is 4.79 Å². The Morgan fingerprint density at radius 1 is 1.44 bits per heavy atom. The zero-order valence-corrected chi connectivity index (χ0v) is 10.6. The summed E-state index contributed by atoms with van der Waals surface area (Å²) in [5, 5.41) is 8.83. The maximum atomic E-state index is 11.0. The Kier molecular flexibility index (Phi) is 8.15. The van der Waals surface area contributed by atoms with Gasteiger partial charge in [-0.3, -0.25) is 15.1 Å². The van der Waals surface area contributed by atoms with Crippen molar-refractivity contribution in [1.29, 1.82) is 0 Å². The number of hydrazine groups is 1. The van der Waals surface area contributed by atoms with E-state index in [1.165, 1.54) is 0 Å². The van der Waals surface area contributed by atoms with Gasteiger partial charge in [-0.05, 0) is 33.6 Å². The summed E-state index contributed by atoms with van der Waals surface area (Å²) < 4.78 is 0. The zero-order chi connectivity index (χ0) is 12.6. The van der Waals surface area contributed by atoms with E-state index in [-0.39, 0.29) is 12.5 Å². The molecule has 0 saturated heterocycles. The lowest BCUT2D eigenvalue weighted by atomic mass is 10.1. The highest BCUT2D eigenvalue weighted by Crippen LogP contribution is 2.11. The fraction of sp³-hybridized carbons (Fsp3) is 0.909. The minimum Gasteiger partial charge on any atom is -0.396 e. The molecule has 5 nitrogen and oxygen atoms in total. The van der Waals surface area contributed by atoms with E-state index in [1.807, 2.05) is 0 Å². The third kappa shape index (κ3) is 6.05. The van der Waals surface area contributed by atoms with Gasteiger partial charge in [-0.15, -0.1) is 0 Å². The van der Waals surface area contributed by atoms with E-state index >= 15 is 0 Å². The van der Waals surface area contributed by atoms with Crippen LogP contribution in [-0.2, 0) is 4.79 Å². The fourth-order valence-corrected chi connectivity index (χ4v) is 1.82. The highest BCUT2D eigenvalue weighted by molar-refractivity contribution is 5.75. The van der Waals surface area contributed by atoms with Crippen LogP contribution in [0.15, 0.2) is 0 Å². The van der Waals surface area contributed by atoms with Gasteiger partial charge in [0.15, 0.2) is 0 Å². The van der Waals surface area contributed by atoms with E-state index in [0.717, 1.165) is 19.4 Å². The van der Waals surface area contributed by atoms with Crippen molar-refractivity contribution in [3.05, 3.63) is 0 Å². The molecule has 96 valence electrons. The molecule has 16 heavy (non-hydrogen) atoms. The maximum Gasteiger partial charge on any atom is 0.233 e. The average molecular weight is 231 g/mol. The third-order valence-electron chi connectivity index (χ3n) is 2.75. The molecular formula is C11H25N3O2. The van der Waals surface area contributed by atoms with E-state index in [4.69, 9.17) is 10.9 Å². The first-order chi connectivity index (χ1) is 7.52. The number of aliphatic hydroxyl groups is 1. The van der Waals surface area contributed by atoms with Crippen molar-refractivity contribution in [2.75, 3.05) is 13.2 Å². The minimum atomic E-state index is -0.127. The van der Waals surface area contributed by atoms with E-state index < -0.39 is 0 Å². The predicted molar refractivity (Wildman–Crippen MR) is 64.6 cm³/mol. The van der Waals surface area contributed by atoms with Gasteiger partial charge in [0.1, 0.15) is 0 Å². The van der Waals surface area contributed by atoms with Gasteiger partial charge in [-0.2, -0.15) is 0 Å². The molecule has 0 heterocycles. The third-order valence-corrected chi connectivity index (χ3v) is 2.75. The SMILES string of the molecule is CC(C)N(CCCO)C(C)CCC(=O)NN. The molecule has 1 unspecified atom stereocenters. The van der Waals surface area contributed by atoms with Crippen molar-refractivity contribution in [3.63, 3.8) is 0 Å². The smallest absolute Gasteiger partial charge is 0.233 e. The van der Waals surface area contributed by atoms with Gasteiger partial charge >= 0.3 is 0 Å². The minimum absolute atomic E-state index is 0.127. The van der Waals surface area contributed by atoms with Gasteiger partial charge in [0.2, 0.25) is 5.91 Å². The van der Waals surface area contributed by atoms with E-state index in [0.29, 0.717) is 18.5 Å². The standard InChI is InChI=1S/C11H25N3O2/c1-9(2)14(7-4-8-15)10(3)5-6-11(16)13-12/h9-10,15H,4-8,12H2,1-3H3,(H,13,16). The van der Waals surface area contributed by atoms with Gasteiger partial charge in [0.25, 0.3) is 0 Å². The molecule has 0 aromatic heterocycles. The number of carbonyl (C=O) groups is 1. The van der Waals surface area contributed by atoms with Crippen molar-refractivity contribution >= 4 is 5.91 Å². The number of hydrogen-bond acceptors (Lipinski definition) is 4. The lowest BCUT2D eigenvalue weighted by molar-refractivity contribution is -0.121. The lowest BCUT2D eigenvalue weighted by Crippen LogP contribution is -2.40. The molecule has 1 amide bonds. The first-order valence-corrected chi connectivity index (χ1v) is 5.89. The first-order valence-electron chi connectivity index (χ1n) is 5.89. The molecule has 0 aliphatic carbocycles. The van der Waals surface area contributed by atoms with Crippen LogP contribution < -0.4 is 11.3 Å². The molecule has 0 spiro atoms. The lowest BCUT2D eigenvalue weighted by Gasteiger charge is -2.32. The van der Waals surface area contributed by atoms with Crippen LogP contribution in [0.5, 0.6) is 0 Å². The van der Waals surface area contributed by atoms with Crippen LogP contribution in [0.4, 0.5) is 0 Å². The van der Waals surface area contributed by atoms with Crippen LogP contribution in [0.2, 0.25) is 0 Å². The Morgan fingerprint density at radius 2 is 2.06 bits per heavy atom. The summed E-state index contributed by atoms with van der Waals surface area (Å²) >= 11 is 0. The Balaban J connectivity index is 4.05. The highest BCUT2D eigenvalue weighted by Gasteiger charge is 2.17. The Hall–Kier alpha value is -0.650. The number of hydrogen-bond donors (Lipinski definition) is 3. The normalized spacial score (nSPS) is 13.2. The van der Waals surface area contributed by atoms with Crippen LogP contribution in [0.3, 0.4) is 0 Å². The van der Waals surface area contributed by atoms with Crippen molar-refractivity contribution in [3.8, 4) is 0 Å². The number of aliphatic hydroxyl groups excluding tert-OH is 1. The Labute approximate surface area is 98.0 Å². The molecule has 4 N–H and O–H groups in total. The monoisotopic (exact) mass is 231 g/mol. The summed E-state index contributed by atoms with van der Waals surface area (Å²) in [6.07, 6.45) is 2.00. The Bertz CT molecular complexity index is 198. The number of amides is 1. The fourth-order valence-electron chi connectivity index (χ4n) is 1.82. The second kappa shape index (κ2) is 8.50. The number of carbonyl (C=O) groups excluding carboxylic acids is 1. The van der Waals surface area contributed by atoms with Gasteiger partial charge in [-0.25, -0.2) is 5.84 Å². The van der Waals surface area contributed by atoms with Gasteiger partial charge in [0, 0.05) is 31.7 Å². The molecule has 1 atom stereocenters. The summed E-state index contributed by atoms with van der Waals surface area (Å²) in [6.45, 7) is 7.41. The molecule has 0 aliphatic rings. The zero-order valence-electron chi connectivity index (χ0n) is 10.6. The molecule has 0 saturated carbocycles. The maximum absolute atomic E-state index is 11.0. The van der Waals surface area contributed by atoms with Crippen LogP contribution >= 0.6 is 0 Å². The summed E-state index contributed by atoms with van der Waals surface area (Å²) in [6, 6.07) is 0.742. The van der Waals surface area contributed by atoms with Gasteiger partial charge in [0.05, 0.1) is 0 Å². The Morgan fingerprint density at radius 3 is 2.50 bits per heavy atom.